The van der Waals surface area contributed by atoms with E-state index in [9.17, 15) is 9.59 Å². The zero-order valence-corrected chi connectivity index (χ0v) is 12.3. The van der Waals surface area contributed by atoms with Crippen LogP contribution in [0.3, 0.4) is 0 Å². The third kappa shape index (κ3) is 6.33. The summed E-state index contributed by atoms with van der Waals surface area (Å²) in [6.07, 6.45) is 1.04. The summed E-state index contributed by atoms with van der Waals surface area (Å²) in [6.45, 7) is 5.42. The van der Waals surface area contributed by atoms with E-state index in [-0.39, 0.29) is 18.4 Å². The molecule has 0 aliphatic carbocycles. The van der Waals surface area contributed by atoms with Crippen LogP contribution in [0.4, 0.5) is 0 Å². The Morgan fingerprint density at radius 2 is 1.80 bits per heavy atom. The van der Waals surface area contributed by atoms with Crippen LogP contribution in [0.25, 0.3) is 0 Å². The lowest BCUT2D eigenvalue weighted by Gasteiger charge is -2.17. The Kier molecular flexibility index (Phi) is 6.73. The first-order valence-electron chi connectivity index (χ1n) is 6.82. The van der Waals surface area contributed by atoms with E-state index in [1.54, 1.807) is 24.3 Å². The van der Waals surface area contributed by atoms with Crippen molar-refractivity contribution in [3.63, 3.8) is 0 Å². The molecule has 5 heteroatoms. The number of rotatable bonds is 6. The minimum absolute atomic E-state index is 0.222. The van der Waals surface area contributed by atoms with Gasteiger partial charge in [-0.2, -0.15) is 0 Å². The number of carbonyl (C=O) groups excluding carboxylic acids is 2. The van der Waals surface area contributed by atoms with E-state index < -0.39 is 0 Å². The molecular formula is C15H23N3O2. The zero-order valence-electron chi connectivity index (χ0n) is 12.3. The summed E-state index contributed by atoms with van der Waals surface area (Å²) in [5.74, 6) is 0.0719. The lowest BCUT2D eigenvalue weighted by molar-refractivity contribution is -0.122. The fraction of sp³-hybridized carbons (Fsp3) is 0.467. The van der Waals surface area contributed by atoms with E-state index >= 15 is 0 Å². The zero-order chi connectivity index (χ0) is 15.0. The summed E-state index contributed by atoms with van der Waals surface area (Å²) in [5, 5.41) is 0. The van der Waals surface area contributed by atoms with Crippen LogP contribution >= 0.6 is 0 Å². The number of hydrogen-bond donors (Lipinski definition) is 2. The number of benzene rings is 1. The van der Waals surface area contributed by atoms with Crippen molar-refractivity contribution in [1.82, 2.24) is 15.8 Å². The Balaban J connectivity index is 2.28. The number of nitrogens with zero attached hydrogens (tertiary/aromatic N) is 1. The molecule has 0 radical (unpaired) electrons. The second-order valence-corrected chi connectivity index (χ2v) is 5.29. The number of hydrogen-bond acceptors (Lipinski definition) is 3. The maximum atomic E-state index is 11.7. The lowest BCUT2D eigenvalue weighted by atomic mass is 10.1. The summed E-state index contributed by atoms with van der Waals surface area (Å²) in [4.78, 5) is 25.3. The Hall–Kier alpha value is -1.88. The molecule has 0 spiro atoms. The van der Waals surface area contributed by atoms with Crippen molar-refractivity contribution in [2.45, 2.75) is 20.3 Å². The van der Waals surface area contributed by atoms with Gasteiger partial charge in [-0.05, 0) is 38.1 Å². The number of carbonyl (C=O) groups is 2. The number of amides is 2. The van der Waals surface area contributed by atoms with Crippen LogP contribution in [-0.2, 0) is 4.79 Å². The minimum atomic E-state index is -0.316. The van der Waals surface area contributed by atoms with Crippen LogP contribution in [0.2, 0.25) is 0 Å². The van der Waals surface area contributed by atoms with E-state index in [0.717, 1.165) is 13.0 Å². The summed E-state index contributed by atoms with van der Waals surface area (Å²) in [7, 11) is 1.89. The van der Waals surface area contributed by atoms with Gasteiger partial charge in [0.2, 0.25) is 0 Å². The van der Waals surface area contributed by atoms with Crippen LogP contribution in [0.1, 0.15) is 30.6 Å². The van der Waals surface area contributed by atoms with Gasteiger partial charge in [-0.25, -0.2) is 0 Å². The van der Waals surface area contributed by atoms with Crippen molar-refractivity contribution in [2.24, 2.45) is 5.92 Å². The number of nitrogens with one attached hydrogen (secondary N) is 2. The highest BCUT2D eigenvalue weighted by molar-refractivity contribution is 5.95. The number of hydrazine groups is 1. The van der Waals surface area contributed by atoms with Crippen molar-refractivity contribution >= 4 is 11.8 Å². The summed E-state index contributed by atoms with van der Waals surface area (Å²) in [6, 6.07) is 8.76. The lowest BCUT2D eigenvalue weighted by Crippen LogP contribution is -2.46. The molecule has 2 amide bonds. The van der Waals surface area contributed by atoms with E-state index in [4.69, 9.17) is 0 Å². The third-order valence-electron chi connectivity index (χ3n) is 2.85. The van der Waals surface area contributed by atoms with Crippen LogP contribution in [0.15, 0.2) is 30.3 Å². The molecule has 0 fully saturated rings. The summed E-state index contributed by atoms with van der Waals surface area (Å²) in [5.41, 5.74) is 5.34. The van der Waals surface area contributed by atoms with Crippen LogP contribution in [-0.4, -0.2) is 36.9 Å². The SMILES string of the molecule is CC(C)CCN(C)CC(=O)NNC(=O)c1ccccc1. The molecule has 0 atom stereocenters. The van der Waals surface area contributed by atoms with Crippen LogP contribution in [0.5, 0.6) is 0 Å². The second kappa shape index (κ2) is 8.32. The average Bonchev–Trinajstić information content (AvgIpc) is 2.43. The summed E-state index contributed by atoms with van der Waals surface area (Å²) >= 11 is 0. The van der Waals surface area contributed by atoms with Gasteiger partial charge in [-0.3, -0.25) is 25.3 Å². The topological polar surface area (TPSA) is 61.4 Å². The first kappa shape index (κ1) is 16.2. The highest BCUT2D eigenvalue weighted by atomic mass is 16.2. The predicted octanol–water partition coefficient (Wildman–Crippen LogP) is 1.43. The smallest absolute Gasteiger partial charge is 0.269 e. The van der Waals surface area contributed by atoms with Gasteiger partial charge < -0.3 is 0 Å². The molecule has 110 valence electrons. The van der Waals surface area contributed by atoms with Crippen molar-refractivity contribution in [3.05, 3.63) is 35.9 Å². The Labute approximate surface area is 120 Å². The first-order chi connectivity index (χ1) is 9.49. The average molecular weight is 277 g/mol. The van der Waals surface area contributed by atoms with E-state index in [1.165, 1.54) is 0 Å². The summed E-state index contributed by atoms with van der Waals surface area (Å²) < 4.78 is 0. The van der Waals surface area contributed by atoms with Crippen molar-refractivity contribution in [2.75, 3.05) is 20.1 Å². The van der Waals surface area contributed by atoms with Gasteiger partial charge in [0.1, 0.15) is 0 Å². The Morgan fingerprint density at radius 3 is 2.40 bits per heavy atom. The highest BCUT2D eigenvalue weighted by Crippen LogP contribution is 2.00. The fourth-order valence-corrected chi connectivity index (χ4v) is 1.63. The molecule has 0 saturated heterocycles. The molecule has 0 aliphatic heterocycles. The molecule has 0 unspecified atom stereocenters. The molecule has 20 heavy (non-hydrogen) atoms. The van der Waals surface area contributed by atoms with Crippen molar-refractivity contribution in [1.29, 1.82) is 0 Å². The van der Waals surface area contributed by atoms with Gasteiger partial charge in [-0.15, -0.1) is 0 Å². The quantitative estimate of drug-likeness (QED) is 0.773. The monoisotopic (exact) mass is 277 g/mol. The maximum Gasteiger partial charge on any atom is 0.269 e. The van der Waals surface area contributed by atoms with E-state index in [1.807, 2.05) is 18.0 Å². The molecule has 5 nitrogen and oxygen atoms in total. The van der Waals surface area contributed by atoms with E-state index in [2.05, 4.69) is 24.7 Å². The Bertz CT molecular complexity index is 432. The molecule has 2 N–H and O–H groups in total. The predicted molar refractivity (Wildman–Crippen MR) is 79.0 cm³/mol. The maximum absolute atomic E-state index is 11.7. The molecule has 1 rings (SSSR count). The molecular weight excluding hydrogens is 254 g/mol. The standard InChI is InChI=1S/C15H23N3O2/c1-12(2)9-10-18(3)11-14(19)16-17-15(20)13-7-5-4-6-8-13/h4-8,12H,9-11H2,1-3H3,(H,16,19)(H,17,20). The van der Waals surface area contributed by atoms with Gasteiger partial charge in [0, 0.05) is 5.56 Å². The number of likely N-dealkylation sites (N-methyl/N-ethyl adjacent to an activating group) is 1. The molecule has 0 bridgehead atoms. The second-order valence-electron chi connectivity index (χ2n) is 5.29. The van der Waals surface area contributed by atoms with Gasteiger partial charge >= 0.3 is 0 Å². The fourth-order valence-electron chi connectivity index (χ4n) is 1.63. The largest absolute Gasteiger partial charge is 0.298 e. The van der Waals surface area contributed by atoms with Crippen molar-refractivity contribution < 1.29 is 9.59 Å². The van der Waals surface area contributed by atoms with Gasteiger partial charge in [0.25, 0.3) is 11.8 Å². The highest BCUT2D eigenvalue weighted by Gasteiger charge is 2.09. The molecule has 0 aliphatic rings. The molecule has 0 aromatic heterocycles. The van der Waals surface area contributed by atoms with Crippen LogP contribution in [0, 0.1) is 5.92 Å². The van der Waals surface area contributed by atoms with Gasteiger partial charge in [-0.1, -0.05) is 32.0 Å². The van der Waals surface area contributed by atoms with Gasteiger partial charge in [0.05, 0.1) is 6.54 Å². The minimum Gasteiger partial charge on any atom is -0.298 e. The molecule has 0 heterocycles. The molecule has 1 aromatic carbocycles. The Morgan fingerprint density at radius 1 is 1.15 bits per heavy atom. The molecule has 1 aromatic rings. The van der Waals surface area contributed by atoms with Gasteiger partial charge in [0.15, 0.2) is 0 Å². The normalized spacial score (nSPS) is 10.7. The molecule has 0 saturated carbocycles. The van der Waals surface area contributed by atoms with Crippen LogP contribution < -0.4 is 10.9 Å². The first-order valence-corrected chi connectivity index (χ1v) is 6.82. The van der Waals surface area contributed by atoms with E-state index in [0.29, 0.717) is 11.5 Å². The van der Waals surface area contributed by atoms with Crippen molar-refractivity contribution in [3.8, 4) is 0 Å². The third-order valence-corrected chi connectivity index (χ3v) is 2.85.